The normalized spacial score (nSPS) is 15.0. The van der Waals surface area contributed by atoms with Crippen molar-refractivity contribution in [1.29, 1.82) is 0 Å². The van der Waals surface area contributed by atoms with Crippen LogP contribution in [-0.4, -0.2) is 38.1 Å². The summed E-state index contributed by atoms with van der Waals surface area (Å²) in [6.45, 7) is 7.12. The predicted octanol–water partition coefficient (Wildman–Crippen LogP) is 5.45. The van der Waals surface area contributed by atoms with Gasteiger partial charge in [-0.1, -0.05) is 57.4 Å². The average Bonchev–Trinajstić information content (AvgIpc) is 2.81. The zero-order valence-electron chi connectivity index (χ0n) is 20.1. The number of amides is 1. The zero-order chi connectivity index (χ0) is 23.7. The first kappa shape index (κ1) is 25.4. The van der Waals surface area contributed by atoms with Crippen LogP contribution < -0.4 is 5.32 Å². The van der Waals surface area contributed by atoms with Crippen LogP contribution in [0.25, 0.3) is 0 Å². The van der Waals surface area contributed by atoms with E-state index in [4.69, 9.17) is 0 Å². The molecule has 0 saturated heterocycles. The number of sulfone groups is 1. The van der Waals surface area contributed by atoms with Crippen molar-refractivity contribution in [3.05, 3.63) is 59.7 Å². The summed E-state index contributed by atoms with van der Waals surface area (Å²) in [4.78, 5) is 15.3. The first-order valence-electron chi connectivity index (χ1n) is 12.3. The minimum absolute atomic E-state index is 0.0691. The molecular weight excluding hydrogens is 432 g/mol. The molecule has 2 aromatic carbocycles. The number of anilines is 1. The molecule has 0 bridgehead atoms. The Kier molecular flexibility index (Phi) is 9.51. The van der Waals surface area contributed by atoms with Gasteiger partial charge in [0.15, 0.2) is 9.84 Å². The molecule has 3 rings (SSSR count). The molecule has 2 aromatic rings. The van der Waals surface area contributed by atoms with Crippen LogP contribution in [0.15, 0.2) is 53.4 Å². The van der Waals surface area contributed by atoms with Crippen LogP contribution in [-0.2, 0) is 27.6 Å². The molecule has 0 atom stereocenters. The van der Waals surface area contributed by atoms with Crippen LogP contribution in [0.2, 0.25) is 0 Å². The summed E-state index contributed by atoms with van der Waals surface area (Å²) in [7, 11) is -3.22. The minimum Gasteiger partial charge on any atom is -0.326 e. The van der Waals surface area contributed by atoms with Crippen molar-refractivity contribution in [1.82, 2.24) is 4.90 Å². The zero-order valence-corrected chi connectivity index (χ0v) is 20.9. The van der Waals surface area contributed by atoms with Gasteiger partial charge in [0.25, 0.3) is 0 Å². The Morgan fingerprint density at radius 1 is 0.939 bits per heavy atom. The van der Waals surface area contributed by atoms with Gasteiger partial charge in [0, 0.05) is 18.8 Å². The Morgan fingerprint density at radius 3 is 2.18 bits per heavy atom. The van der Waals surface area contributed by atoms with Crippen molar-refractivity contribution in [2.75, 3.05) is 24.2 Å². The summed E-state index contributed by atoms with van der Waals surface area (Å²) in [5, 5.41) is 2.95. The number of hydrogen-bond donors (Lipinski definition) is 1. The topological polar surface area (TPSA) is 66.5 Å². The van der Waals surface area contributed by atoms with Crippen LogP contribution in [0.3, 0.4) is 0 Å². The highest BCUT2D eigenvalue weighted by Crippen LogP contribution is 2.25. The fourth-order valence-electron chi connectivity index (χ4n) is 4.61. The summed E-state index contributed by atoms with van der Waals surface area (Å²) < 4.78 is 23.8. The summed E-state index contributed by atoms with van der Waals surface area (Å²) in [5.41, 5.74) is 2.84. The Balaban J connectivity index is 1.52. The number of benzene rings is 2. The highest BCUT2D eigenvalue weighted by Gasteiger charge is 2.17. The number of carbonyl (C=O) groups excluding carboxylic acids is 1. The molecule has 0 radical (unpaired) electrons. The molecule has 0 aromatic heterocycles. The Hall–Kier alpha value is -2.18. The van der Waals surface area contributed by atoms with Crippen LogP contribution in [0, 0.1) is 5.92 Å². The van der Waals surface area contributed by atoms with Crippen molar-refractivity contribution < 1.29 is 13.2 Å². The Labute approximate surface area is 199 Å². The highest BCUT2D eigenvalue weighted by atomic mass is 32.2. The van der Waals surface area contributed by atoms with Crippen LogP contribution in [0.5, 0.6) is 0 Å². The average molecular weight is 471 g/mol. The van der Waals surface area contributed by atoms with E-state index in [2.05, 4.69) is 29.3 Å². The maximum Gasteiger partial charge on any atom is 0.228 e. The number of hydrogen-bond acceptors (Lipinski definition) is 4. The molecule has 1 fully saturated rings. The molecule has 1 aliphatic rings. The third-order valence-electron chi connectivity index (χ3n) is 6.45. The SMILES string of the molecule is CCCN(Cc1ccc(NC(=O)Cc2ccc(S(=O)(=O)CC)cc2)cc1)CC1CCCCC1. The molecule has 1 aliphatic carbocycles. The van der Waals surface area contributed by atoms with Crippen molar-refractivity contribution in [3.8, 4) is 0 Å². The van der Waals surface area contributed by atoms with E-state index in [1.54, 1.807) is 31.2 Å². The van der Waals surface area contributed by atoms with E-state index in [1.807, 2.05) is 12.1 Å². The molecule has 5 nitrogen and oxygen atoms in total. The second kappa shape index (κ2) is 12.3. The van der Waals surface area contributed by atoms with E-state index in [1.165, 1.54) is 44.2 Å². The third kappa shape index (κ3) is 7.97. The summed E-state index contributed by atoms with van der Waals surface area (Å²) in [6, 6.07) is 14.7. The van der Waals surface area contributed by atoms with E-state index in [0.717, 1.165) is 36.7 Å². The number of nitrogens with one attached hydrogen (secondary N) is 1. The summed E-state index contributed by atoms with van der Waals surface area (Å²) in [6.07, 6.45) is 8.24. The molecule has 180 valence electrons. The van der Waals surface area contributed by atoms with Gasteiger partial charge >= 0.3 is 0 Å². The van der Waals surface area contributed by atoms with E-state index < -0.39 is 9.84 Å². The van der Waals surface area contributed by atoms with Gasteiger partial charge in [-0.05, 0) is 67.1 Å². The van der Waals surface area contributed by atoms with Gasteiger partial charge in [-0.3, -0.25) is 9.69 Å². The van der Waals surface area contributed by atoms with Crippen molar-refractivity contribution >= 4 is 21.4 Å². The van der Waals surface area contributed by atoms with Gasteiger partial charge in [0.1, 0.15) is 0 Å². The van der Waals surface area contributed by atoms with E-state index in [9.17, 15) is 13.2 Å². The molecular formula is C27H38N2O3S. The molecule has 0 spiro atoms. The van der Waals surface area contributed by atoms with Crippen LogP contribution in [0.4, 0.5) is 5.69 Å². The van der Waals surface area contributed by atoms with Crippen molar-refractivity contribution in [2.45, 2.75) is 70.2 Å². The summed E-state index contributed by atoms with van der Waals surface area (Å²) >= 11 is 0. The lowest BCUT2D eigenvalue weighted by Gasteiger charge is -2.29. The maximum atomic E-state index is 12.5. The van der Waals surface area contributed by atoms with E-state index in [-0.39, 0.29) is 18.1 Å². The molecule has 0 unspecified atom stereocenters. The molecule has 0 aliphatic heterocycles. The maximum absolute atomic E-state index is 12.5. The molecule has 6 heteroatoms. The molecule has 1 N–H and O–H groups in total. The largest absolute Gasteiger partial charge is 0.326 e. The fraction of sp³-hybridized carbons (Fsp3) is 0.519. The molecule has 1 saturated carbocycles. The lowest BCUT2D eigenvalue weighted by Crippen LogP contribution is -2.31. The molecule has 0 heterocycles. The fourth-order valence-corrected chi connectivity index (χ4v) is 5.49. The lowest BCUT2D eigenvalue weighted by molar-refractivity contribution is -0.115. The van der Waals surface area contributed by atoms with Crippen LogP contribution >= 0.6 is 0 Å². The van der Waals surface area contributed by atoms with E-state index >= 15 is 0 Å². The van der Waals surface area contributed by atoms with Gasteiger partial charge in [-0.15, -0.1) is 0 Å². The van der Waals surface area contributed by atoms with Gasteiger partial charge < -0.3 is 5.32 Å². The predicted molar refractivity (Wildman–Crippen MR) is 135 cm³/mol. The minimum atomic E-state index is -3.22. The Bertz CT molecular complexity index is 979. The van der Waals surface area contributed by atoms with Crippen LogP contribution in [0.1, 0.15) is 63.5 Å². The highest BCUT2D eigenvalue weighted by molar-refractivity contribution is 7.91. The van der Waals surface area contributed by atoms with Gasteiger partial charge in [0.05, 0.1) is 17.1 Å². The number of nitrogens with zero attached hydrogens (tertiary/aromatic N) is 1. The standard InChI is InChI=1S/C27H38N2O3S/c1-3-18-29(20-23-8-6-5-7-9-23)21-24-10-14-25(15-11-24)28-27(30)19-22-12-16-26(17-13-22)33(31,32)4-2/h10-17,23H,3-9,18-21H2,1-2H3,(H,28,30). The van der Waals surface area contributed by atoms with Gasteiger partial charge in [-0.25, -0.2) is 8.42 Å². The Morgan fingerprint density at radius 2 is 1.58 bits per heavy atom. The van der Waals surface area contributed by atoms with Gasteiger partial charge in [-0.2, -0.15) is 0 Å². The first-order valence-corrected chi connectivity index (χ1v) is 14.0. The monoisotopic (exact) mass is 470 g/mol. The second-order valence-electron chi connectivity index (χ2n) is 9.21. The van der Waals surface area contributed by atoms with Gasteiger partial charge in [0.2, 0.25) is 5.91 Å². The van der Waals surface area contributed by atoms with E-state index in [0.29, 0.717) is 4.90 Å². The quantitative estimate of drug-likeness (QED) is 0.474. The number of rotatable bonds is 11. The van der Waals surface area contributed by atoms with Crippen molar-refractivity contribution in [3.63, 3.8) is 0 Å². The second-order valence-corrected chi connectivity index (χ2v) is 11.5. The molecule has 1 amide bonds. The first-order chi connectivity index (χ1) is 15.9. The third-order valence-corrected chi connectivity index (χ3v) is 8.20. The smallest absolute Gasteiger partial charge is 0.228 e. The molecule has 33 heavy (non-hydrogen) atoms. The number of carbonyl (C=O) groups is 1. The summed E-state index contributed by atoms with van der Waals surface area (Å²) in [5.74, 6) is 0.790. The van der Waals surface area contributed by atoms with Crippen molar-refractivity contribution in [2.24, 2.45) is 5.92 Å². The lowest BCUT2D eigenvalue weighted by atomic mass is 9.89.